The van der Waals surface area contributed by atoms with E-state index in [1.807, 2.05) is 31.1 Å². The van der Waals surface area contributed by atoms with Gasteiger partial charge in [-0.05, 0) is 53.4 Å². The molecule has 1 heterocycles. The highest BCUT2D eigenvalue weighted by atomic mass is 32.2. The Kier molecular flexibility index (Phi) is 8.86. The van der Waals surface area contributed by atoms with Crippen LogP contribution >= 0.6 is 0 Å². The average Bonchev–Trinajstić information content (AvgIpc) is 2.79. The van der Waals surface area contributed by atoms with Crippen molar-refractivity contribution in [2.24, 2.45) is 0 Å². The lowest BCUT2D eigenvalue weighted by Crippen LogP contribution is -2.48. The highest BCUT2D eigenvalue weighted by Gasteiger charge is 2.33. The predicted molar refractivity (Wildman–Crippen MR) is 147 cm³/mol. The zero-order chi connectivity index (χ0) is 25.9. The van der Waals surface area contributed by atoms with Crippen LogP contribution in [0.15, 0.2) is 35.4 Å². The SMILES string of the molecule is CC(C)c1cc(C(C)C)c(S(=O)(=O)N[C@@H]2CCCC[C@H]2Nc2cc(N(C)C)ccn2)c(C(C)C)c1. The summed E-state index contributed by atoms with van der Waals surface area (Å²) in [6.07, 6.45) is 5.58. The Morgan fingerprint density at radius 2 is 1.46 bits per heavy atom. The van der Waals surface area contributed by atoms with Crippen molar-refractivity contribution >= 4 is 21.5 Å². The number of rotatable bonds is 9. The van der Waals surface area contributed by atoms with Gasteiger partial charge in [0.25, 0.3) is 0 Å². The Morgan fingerprint density at radius 1 is 0.886 bits per heavy atom. The van der Waals surface area contributed by atoms with Gasteiger partial charge in [-0.2, -0.15) is 0 Å². The molecule has 2 atom stereocenters. The minimum Gasteiger partial charge on any atom is -0.378 e. The third-order valence-electron chi connectivity index (χ3n) is 7.01. The van der Waals surface area contributed by atoms with Gasteiger partial charge < -0.3 is 10.2 Å². The fraction of sp³-hybridized carbons (Fsp3) is 0.607. The number of hydrogen-bond acceptors (Lipinski definition) is 5. The van der Waals surface area contributed by atoms with Crippen LogP contribution in [0.4, 0.5) is 11.5 Å². The molecule has 1 aliphatic carbocycles. The van der Waals surface area contributed by atoms with Crippen molar-refractivity contribution in [3.63, 3.8) is 0 Å². The first-order valence-electron chi connectivity index (χ1n) is 13.0. The number of sulfonamides is 1. The largest absolute Gasteiger partial charge is 0.378 e. The quantitative estimate of drug-likeness (QED) is 0.428. The monoisotopic (exact) mass is 500 g/mol. The number of nitrogens with one attached hydrogen (secondary N) is 2. The molecule has 3 rings (SSSR count). The minimum absolute atomic E-state index is 0.0108. The van der Waals surface area contributed by atoms with Crippen molar-refractivity contribution in [3.8, 4) is 0 Å². The summed E-state index contributed by atoms with van der Waals surface area (Å²) in [7, 11) is 0.281. The van der Waals surface area contributed by atoms with Crippen molar-refractivity contribution in [3.05, 3.63) is 47.2 Å². The minimum atomic E-state index is -3.72. The molecule has 2 N–H and O–H groups in total. The van der Waals surface area contributed by atoms with Crippen molar-refractivity contribution in [2.45, 2.75) is 102 Å². The summed E-state index contributed by atoms with van der Waals surface area (Å²) < 4.78 is 31.2. The summed E-state index contributed by atoms with van der Waals surface area (Å²) in [6.45, 7) is 12.6. The summed E-state index contributed by atoms with van der Waals surface area (Å²) in [5.41, 5.74) is 4.07. The van der Waals surface area contributed by atoms with Gasteiger partial charge in [-0.15, -0.1) is 0 Å². The van der Waals surface area contributed by atoms with Crippen molar-refractivity contribution in [2.75, 3.05) is 24.3 Å². The fourth-order valence-electron chi connectivity index (χ4n) is 4.87. The number of aromatic nitrogens is 1. The number of nitrogens with zero attached hydrogens (tertiary/aromatic N) is 2. The van der Waals surface area contributed by atoms with Crippen LogP contribution in [0.1, 0.15) is 102 Å². The Hall–Kier alpha value is -2.12. The van der Waals surface area contributed by atoms with Gasteiger partial charge in [-0.1, -0.05) is 66.5 Å². The van der Waals surface area contributed by atoms with Crippen molar-refractivity contribution in [1.29, 1.82) is 0 Å². The van der Waals surface area contributed by atoms with Gasteiger partial charge in [-0.3, -0.25) is 0 Å². The fourth-order valence-corrected chi connectivity index (χ4v) is 6.88. The first-order chi connectivity index (χ1) is 16.4. The van der Waals surface area contributed by atoms with Crippen LogP contribution in [0.2, 0.25) is 0 Å². The average molecular weight is 501 g/mol. The summed E-state index contributed by atoms with van der Waals surface area (Å²) in [5.74, 6) is 1.33. The second kappa shape index (κ2) is 11.3. The molecule has 0 unspecified atom stereocenters. The maximum absolute atomic E-state index is 14.0. The van der Waals surface area contributed by atoms with Crippen LogP contribution in [0, 0.1) is 0 Å². The number of anilines is 2. The van der Waals surface area contributed by atoms with E-state index in [9.17, 15) is 8.42 Å². The Labute approximate surface area is 213 Å². The molecule has 7 heteroatoms. The van der Waals surface area contributed by atoms with Crippen LogP contribution < -0.4 is 14.9 Å². The number of benzene rings is 1. The second-order valence-electron chi connectivity index (χ2n) is 11.0. The third-order valence-corrected chi connectivity index (χ3v) is 8.64. The molecule has 6 nitrogen and oxygen atoms in total. The maximum atomic E-state index is 14.0. The van der Waals surface area contributed by atoms with Gasteiger partial charge >= 0.3 is 0 Å². The zero-order valence-corrected chi connectivity index (χ0v) is 23.5. The highest BCUT2D eigenvalue weighted by Crippen LogP contribution is 2.36. The van der Waals surface area contributed by atoms with Gasteiger partial charge in [-0.25, -0.2) is 18.1 Å². The lowest BCUT2D eigenvalue weighted by Gasteiger charge is -2.34. The van der Waals surface area contributed by atoms with E-state index in [4.69, 9.17) is 0 Å². The number of hydrogen-bond donors (Lipinski definition) is 2. The molecule has 1 fully saturated rings. The first kappa shape index (κ1) is 27.5. The van der Waals surface area contributed by atoms with Gasteiger partial charge in [0, 0.05) is 44.1 Å². The normalized spacial score (nSPS) is 18.9. The molecule has 2 aromatic rings. The Morgan fingerprint density at radius 3 is 1.97 bits per heavy atom. The molecule has 0 bridgehead atoms. The van der Waals surface area contributed by atoms with E-state index in [0.29, 0.717) is 10.8 Å². The Bertz CT molecular complexity index is 1080. The van der Waals surface area contributed by atoms with Gasteiger partial charge in [0.15, 0.2) is 0 Å². The van der Waals surface area contributed by atoms with Crippen molar-refractivity contribution < 1.29 is 8.42 Å². The molecular weight excluding hydrogens is 456 g/mol. The second-order valence-corrected chi connectivity index (χ2v) is 12.7. The molecule has 0 spiro atoms. The summed E-state index contributed by atoms with van der Waals surface area (Å²) in [5, 5.41) is 3.53. The van der Waals surface area contributed by atoms with Gasteiger partial charge in [0.2, 0.25) is 10.0 Å². The van der Waals surface area contributed by atoms with Gasteiger partial charge in [0.1, 0.15) is 5.82 Å². The lowest BCUT2D eigenvalue weighted by atomic mass is 9.89. The smallest absolute Gasteiger partial charge is 0.241 e. The molecular formula is C28H44N4O2S. The van der Waals surface area contributed by atoms with Crippen molar-refractivity contribution in [1.82, 2.24) is 9.71 Å². The topological polar surface area (TPSA) is 74.3 Å². The molecule has 1 aromatic carbocycles. The zero-order valence-electron chi connectivity index (χ0n) is 22.7. The molecule has 0 radical (unpaired) electrons. The predicted octanol–water partition coefficient (Wildman–Crippen LogP) is 6.22. The van der Waals surface area contributed by atoms with E-state index < -0.39 is 10.0 Å². The van der Waals surface area contributed by atoms with E-state index in [1.165, 1.54) is 5.56 Å². The van der Waals surface area contributed by atoms with E-state index in [-0.39, 0.29) is 23.9 Å². The lowest BCUT2D eigenvalue weighted by molar-refractivity contribution is 0.378. The molecule has 0 amide bonds. The first-order valence-corrected chi connectivity index (χ1v) is 14.5. The molecule has 1 saturated carbocycles. The number of pyridine rings is 1. The summed E-state index contributed by atoms with van der Waals surface area (Å²) in [4.78, 5) is 7.00. The molecule has 0 saturated heterocycles. The molecule has 35 heavy (non-hydrogen) atoms. The summed E-state index contributed by atoms with van der Waals surface area (Å²) in [6, 6.07) is 7.98. The van der Waals surface area contributed by atoms with Gasteiger partial charge in [0.05, 0.1) is 4.90 Å². The summed E-state index contributed by atoms with van der Waals surface area (Å²) >= 11 is 0. The molecule has 1 aromatic heterocycles. The van der Waals surface area contributed by atoms with E-state index >= 15 is 0 Å². The Balaban J connectivity index is 1.96. The van der Waals surface area contributed by atoms with E-state index in [2.05, 4.69) is 68.7 Å². The third kappa shape index (κ3) is 6.56. The molecule has 0 aliphatic heterocycles. The standard InChI is InChI=1S/C28H44N4O2S/c1-18(2)21-15-23(19(3)4)28(24(16-21)20(5)6)35(33,34)31-26-12-10-9-11-25(26)30-27-17-22(32(7)8)13-14-29-27/h13-20,25-26,31H,9-12H2,1-8H3,(H,29,30)/t25-,26-/m1/s1. The van der Waals surface area contributed by atoms with Crippen LogP contribution in [-0.4, -0.2) is 39.6 Å². The van der Waals surface area contributed by atoms with E-state index in [1.54, 1.807) is 6.20 Å². The molecule has 1 aliphatic rings. The van der Waals surface area contributed by atoms with Crippen LogP contribution in [0.3, 0.4) is 0 Å². The maximum Gasteiger partial charge on any atom is 0.241 e. The molecule has 194 valence electrons. The van der Waals surface area contributed by atoms with Crippen LogP contribution in [0.25, 0.3) is 0 Å². The van der Waals surface area contributed by atoms with Crippen LogP contribution in [-0.2, 0) is 10.0 Å². The highest BCUT2D eigenvalue weighted by molar-refractivity contribution is 7.89. The van der Waals surface area contributed by atoms with Crippen LogP contribution in [0.5, 0.6) is 0 Å². The van der Waals surface area contributed by atoms with E-state index in [0.717, 1.165) is 48.3 Å².